The quantitative estimate of drug-likeness (QED) is 0.254. The summed E-state index contributed by atoms with van der Waals surface area (Å²) in [6.45, 7) is 0.0888. The lowest BCUT2D eigenvalue weighted by molar-refractivity contribution is -0.168. The van der Waals surface area contributed by atoms with Crippen LogP contribution in [0.1, 0.15) is 34.1 Å². The summed E-state index contributed by atoms with van der Waals surface area (Å²) in [5.74, 6) is -2.34. The molecule has 0 heterocycles. The fourth-order valence-electron chi connectivity index (χ4n) is 3.95. The van der Waals surface area contributed by atoms with Crippen LogP contribution in [0, 0.1) is 0 Å². The molecule has 0 bridgehead atoms. The molecule has 170 valence electrons. The van der Waals surface area contributed by atoms with Crippen LogP contribution >= 0.6 is 0 Å². The summed E-state index contributed by atoms with van der Waals surface area (Å²) >= 11 is 0. The van der Waals surface area contributed by atoms with Gasteiger partial charge in [-0.15, -0.1) is 0 Å². The maximum atomic E-state index is 12.5. The molecule has 4 rings (SSSR count). The van der Waals surface area contributed by atoms with Crippen molar-refractivity contribution in [3.63, 3.8) is 0 Å². The summed E-state index contributed by atoms with van der Waals surface area (Å²) in [6, 6.07) is 39.1. The number of benzene rings is 4. The first-order valence-electron chi connectivity index (χ1n) is 11.3. The number of hydrogen-bond acceptors (Lipinski definition) is 4. The van der Waals surface area contributed by atoms with Gasteiger partial charge in [-0.2, -0.15) is 0 Å². The zero-order valence-corrected chi connectivity index (χ0v) is 18.7. The minimum Gasteiger partial charge on any atom is -0.456 e. The Morgan fingerprint density at radius 3 is 0.912 bits per heavy atom. The van der Waals surface area contributed by atoms with Crippen molar-refractivity contribution in [3.05, 3.63) is 144 Å². The van der Waals surface area contributed by atoms with E-state index in [4.69, 9.17) is 9.47 Å². The zero-order valence-electron chi connectivity index (χ0n) is 18.7. The Kier molecular flexibility index (Phi) is 7.86. The Labute approximate surface area is 199 Å². The van der Waals surface area contributed by atoms with E-state index in [2.05, 4.69) is 0 Å². The lowest BCUT2D eigenvalue weighted by Crippen LogP contribution is -2.25. The fourth-order valence-corrected chi connectivity index (χ4v) is 3.95. The van der Waals surface area contributed by atoms with Crippen molar-refractivity contribution >= 4 is 11.9 Å². The van der Waals surface area contributed by atoms with Gasteiger partial charge in [-0.3, -0.25) is 0 Å². The first-order valence-corrected chi connectivity index (χ1v) is 11.3. The lowest BCUT2D eigenvalue weighted by Gasteiger charge is -2.19. The standard InChI is InChI=1S/C30H26O4/c31-29(33-21-27(23-13-5-1-6-14-23)24-15-7-2-8-16-24)30(32)34-22-28(25-17-9-3-10-18-25)26-19-11-4-12-20-26/h1-20,27-28H,21-22H2. The van der Waals surface area contributed by atoms with E-state index in [-0.39, 0.29) is 25.0 Å². The van der Waals surface area contributed by atoms with Crippen LogP contribution in [0.15, 0.2) is 121 Å². The van der Waals surface area contributed by atoms with Crippen LogP contribution in [0.4, 0.5) is 0 Å². The highest BCUT2D eigenvalue weighted by molar-refractivity contribution is 6.29. The van der Waals surface area contributed by atoms with E-state index >= 15 is 0 Å². The molecule has 4 aromatic rings. The highest BCUT2D eigenvalue weighted by Crippen LogP contribution is 2.26. The maximum Gasteiger partial charge on any atom is 0.417 e. The van der Waals surface area contributed by atoms with Gasteiger partial charge in [0.1, 0.15) is 13.2 Å². The van der Waals surface area contributed by atoms with Gasteiger partial charge in [-0.05, 0) is 22.3 Å². The topological polar surface area (TPSA) is 52.6 Å². The molecule has 0 aliphatic carbocycles. The van der Waals surface area contributed by atoms with Gasteiger partial charge in [0.2, 0.25) is 0 Å². The maximum absolute atomic E-state index is 12.5. The molecule has 0 spiro atoms. The highest BCUT2D eigenvalue weighted by atomic mass is 16.6. The van der Waals surface area contributed by atoms with E-state index < -0.39 is 11.9 Å². The second-order valence-electron chi connectivity index (χ2n) is 7.94. The molecule has 34 heavy (non-hydrogen) atoms. The van der Waals surface area contributed by atoms with E-state index in [0.717, 1.165) is 22.3 Å². The third-order valence-electron chi connectivity index (χ3n) is 5.74. The van der Waals surface area contributed by atoms with Crippen molar-refractivity contribution in [2.75, 3.05) is 13.2 Å². The summed E-state index contributed by atoms with van der Waals surface area (Å²) in [5, 5.41) is 0. The molecule has 4 aromatic carbocycles. The van der Waals surface area contributed by atoms with Crippen LogP contribution in [0.5, 0.6) is 0 Å². The molecular formula is C30H26O4. The first kappa shape index (κ1) is 23.0. The van der Waals surface area contributed by atoms with Crippen molar-refractivity contribution in [2.24, 2.45) is 0 Å². The van der Waals surface area contributed by atoms with Crippen molar-refractivity contribution in [1.29, 1.82) is 0 Å². The van der Waals surface area contributed by atoms with Crippen LogP contribution in [0.25, 0.3) is 0 Å². The molecule has 4 heteroatoms. The van der Waals surface area contributed by atoms with Crippen LogP contribution in [0.3, 0.4) is 0 Å². The number of carbonyl (C=O) groups excluding carboxylic acids is 2. The van der Waals surface area contributed by atoms with Crippen LogP contribution in [0.2, 0.25) is 0 Å². The average molecular weight is 451 g/mol. The molecule has 0 unspecified atom stereocenters. The fraction of sp³-hybridized carbons (Fsp3) is 0.133. The van der Waals surface area contributed by atoms with Gasteiger partial charge in [0, 0.05) is 11.8 Å². The minimum atomic E-state index is -0.989. The van der Waals surface area contributed by atoms with Crippen molar-refractivity contribution in [3.8, 4) is 0 Å². The van der Waals surface area contributed by atoms with Crippen molar-refractivity contribution in [1.82, 2.24) is 0 Å². The third kappa shape index (κ3) is 5.99. The molecule has 4 nitrogen and oxygen atoms in total. The number of esters is 2. The molecule has 0 fully saturated rings. The number of rotatable bonds is 8. The molecular weight excluding hydrogens is 424 g/mol. The molecule has 0 atom stereocenters. The molecule has 0 aliphatic heterocycles. The van der Waals surface area contributed by atoms with Gasteiger partial charge in [-0.1, -0.05) is 121 Å². The monoisotopic (exact) mass is 450 g/mol. The number of hydrogen-bond donors (Lipinski definition) is 0. The van der Waals surface area contributed by atoms with Gasteiger partial charge in [0.05, 0.1) is 0 Å². The average Bonchev–Trinajstić information content (AvgIpc) is 2.91. The summed E-state index contributed by atoms with van der Waals surface area (Å²) in [5.41, 5.74) is 4.01. The van der Waals surface area contributed by atoms with E-state index in [0.29, 0.717) is 0 Å². The largest absolute Gasteiger partial charge is 0.456 e. The van der Waals surface area contributed by atoms with Gasteiger partial charge < -0.3 is 9.47 Å². The first-order chi connectivity index (χ1) is 16.7. The van der Waals surface area contributed by atoms with Gasteiger partial charge in [0.25, 0.3) is 0 Å². The molecule has 0 saturated heterocycles. The van der Waals surface area contributed by atoms with Crippen LogP contribution in [-0.2, 0) is 19.1 Å². The van der Waals surface area contributed by atoms with E-state index in [1.165, 1.54) is 0 Å². The Morgan fingerprint density at radius 2 is 0.676 bits per heavy atom. The minimum absolute atomic E-state index is 0.0444. The normalized spacial score (nSPS) is 10.8. The summed E-state index contributed by atoms with van der Waals surface area (Å²) < 4.78 is 10.8. The van der Waals surface area contributed by atoms with E-state index in [1.54, 1.807) is 0 Å². The predicted octanol–water partition coefficient (Wildman–Crippen LogP) is 5.74. The van der Waals surface area contributed by atoms with Crippen LogP contribution in [-0.4, -0.2) is 25.2 Å². The van der Waals surface area contributed by atoms with E-state index in [9.17, 15) is 9.59 Å². The van der Waals surface area contributed by atoms with Crippen LogP contribution < -0.4 is 0 Å². The zero-order chi connectivity index (χ0) is 23.6. The molecule has 0 amide bonds. The Bertz CT molecular complexity index is 1000. The Balaban J connectivity index is 1.41. The number of carbonyl (C=O) groups is 2. The van der Waals surface area contributed by atoms with Crippen molar-refractivity contribution < 1.29 is 19.1 Å². The molecule has 0 saturated carbocycles. The number of ether oxygens (including phenoxy) is 2. The lowest BCUT2D eigenvalue weighted by atomic mass is 9.92. The van der Waals surface area contributed by atoms with Gasteiger partial charge in [-0.25, -0.2) is 9.59 Å². The Morgan fingerprint density at radius 1 is 0.441 bits per heavy atom. The second-order valence-corrected chi connectivity index (χ2v) is 7.94. The molecule has 0 aromatic heterocycles. The summed E-state index contributed by atoms with van der Waals surface area (Å²) in [7, 11) is 0. The van der Waals surface area contributed by atoms with Crippen molar-refractivity contribution in [2.45, 2.75) is 11.8 Å². The summed E-state index contributed by atoms with van der Waals surface area (Å²) in [6.07, 6.45) is 0. The highest BCUT2D eigenvalue weighted by Gasteiger charge is 2.24. The molecule has 0 N–H and O–H groups in total. The molecule has 0 aliphatic rings. The predicted molar refractivity (Wildman–Crippen MR) is 131 cm³/mol. The SMILES string of the molecule is O=C(OCC(c1ccccc1)c1ccccc1)C(=O)OCC(c1ccccc1)c1ccccc1. The molecule has 0 radical (unpaired) electrons. The van der Waals surface area contributed by atoms with E-state index in [1.807, 2.05) is 121 Å². The van der Waals surface area contributed by atoms with Gasteiger partial charge in [0.15, 0.2) is 0 Å². The third-order valence-corrected chi connectivity index (χ3v) is 5.74. The second kappa shape index (κ2) is 11.6. The Hall–Kier alpha value is -4.18. The smallest absolute Gasteiger partial charge is 0.417 e. The van der Waals surface area contributed by atoms with Gasteiger partial charge >= 0.3 is 11.9 Å². The summed E-state index contributed by atoms with van der Waals surface area (Å²) in [4.78, 5) is 25.0.